The van der Waals surface area contributed by atoms with Crippen molar-refractivity contribution in [3.8, 4) is 11.5 Å². The third-order valence-corrected chi connectivity index (χ3v) is 7.77. The monoisotopic (exact) mass is 515 g/mol. The summed E-state index contributed by atoms with van der Waals surface area (Å²) < 4.78 is 4.24. The number of benzene rings is 3. The fraction of sp³-hybridized carbons (Fsp3) is 0.212. The average molecular weight is 516 g/mol. The molecule has 5 aromatic rings. The molecule has 1 N–H and O–H groups in total. The second-order valence-electron chi connectivity index (χ2n) is 10.3. The molecule has 0 saturated carbocycles. The summed E-state index contributed by atoms with van der Waals surface area (Å²) in [4.78, 5) is 16.2. The first kappa shape index (κ1) is 24.7. The number of urea groups is 1. The van der Waals surface area contributed by atoms with Crippen molar-refractivity contribution in [3.63, 3.8) is 0 Å². The van der Waals surface area contributed by atoms with Crippen LogP contribution in [0.15, 0.2) is 91.1 Å². The zero-order chi connectivity index (χ0) is 27.1. The zero-order valence-electron chi connectivity index (χ0n) is 22.8. The van der Waals surface area contributed by atoms with E-state index in [1.165, 1.54) is 0 Å². The van der Waals surface area contributed by atoms with Gasteiger partial charge in [-0.05, 0) is 74.2 Å². The van der Waals surface area contributed by atoms with Gasteiger partial charge in [0.2, 0.25) is 0 Å². The molecular formula is C33H33N5O. The highest BCUT2D eigenvalue weighted by Crippen LogP contribution is 2.39. The van der Waals surface area contributed by atoms with Crippen LogP contribution in [0.3, 0.4) is 0 Å². The normalized spacial score (nSPS) is 14.5. The minimum absolute atomic E-state index is 0.134. The highest BCUT2D eigenvalue weighted by atomic mass is 16.2. The molecule has 196 valence electrons. The molecule has 1 unspecified atom stereocenters. The van der Waals surface area contributed by atoms with Crippen molar-refractivity contribution in [2.24, 2.45) is 0 Å². The first-order valence-corrected chi connectivity index (χ1v) is 13.5. The van der Waals surface area contributed by atoms with E-state index in [0.717, 1.165) is 62.8 Å². The Bertz CT molecular complexity index is 1660. The van der Waals surface area contributed by atoms with E-state index >= 15 is 0 Å². The van der Waals surface area contributed by atoms with Gasteiger partial charge in [-0.2, -0.15) is 5.10 Å². The van der Waals surface area contributed by atoms with Gasteiger partial charge in [-0.15, -0.1) is 0 Å². The van der Waals surface area contributed by atoms with Crippen LogP contribution in [0.25, 0.3) is 11.5 Å². The van der Waals surface area contributed by atoms with Crippen LogP contribution in [0.4, 0.5) is 10.5 Å². The second kappa shape index (κ2) is 9.95. The first-order chi connectivity index (χ1) is 19.0. The Morgan fingerprint density at radius 1 is 0.949 bits per heavy atom. The molecule has 39 heavy (non-hydrogen) atoms. The minimum atomic E-state index is -0.286. The van der Waals surface area contributed by atoms with Gasteiger partial charge in [0.05, 0.1) is 29.7 Å². The molecule has 2 aromatic heterocycles. The number of carbonyl (C=O) groups excluding carboxylic acids is 1. The maximum absolute atomic E-state index is 14.2. The van der Waals surface area contributed by atoms with Crippen molar-refractivity contribution in [2.45, 2.75) is 46.7 Å². The molecule has 6 nitrogen and oxygen atoms in total. The Labute approximate surface area is 229 Å². The third-order valence-electron chi connectivity index (χ3n) is 7.77. The summed E-state index contributed by atoms with van der Waals surface area (Å²) in [5.74, 6) is 0.984. The van der Waals surface area contributed by atoms with Gasteiger partial charge in [-0.25, -0.2) is 9.48 Å². The van der Waals surface area contributed by atoms with Crippen molar-refractivity contribution in [2.75, 3.05) is 5.32 Å². The van der Waals surface area contributed by atoms with Gasteiger partial charge < -0.3 is 14.8 Å². The Kier molecular flexibility index (Phi) is 6.31. The Morgan fingerprint density at radius 2 is 1.74 bits per heavy atom. The number of nitrogens with one attached hydrogen (secondary N) is 1. The lowest BCUT2D eigenvalue weighted by Crippen LogP contribution is -2.38. The van der Waals surface area contributed by atoms with E-state index in [1.54, 1.807) is 0 Å². The van der Waals surface area contributed by atoms with Gasteiger partial charge in [0, 0.05) is 17.4 Å². The van der Waals surface area contributed by atoms with E-state index in [1.807, 2.05) is 46.8 Å². The molecule has 3 aromatic carbocycles. The molecule has 0 aliphatic carbocycles. The molecule has 0 saturated heterocycles. The molecule has 0 bridgehead atoms. The lowest BCUT2D eigenvalue weighted by Gasteiger charge is -2.31. The van der Waals surface area contributed by atoms with Crippen molar-refractivity contribution >= 4 is 11.7 Å². The predicted octanol–water partition coefficient (Wildman–Crippen LogP) is 7.29. The van der Waals surface area contributed by atoms with Crippen LogP contribution < -0.4 is 5.32 Å². The average Bonchev–Trinajstić information content (AvgIpc) is 3.52. The summed E-state index contributed by atoms with van der Waals surface area (Å²) in [6, 6.07) is 28.5. The number of nitrogens with zero attached hydrogens (tertiary/aromatic N) is 4. The molecule has 0 radical (unpaired) electrons. The van der Waals surface area contributed by atoms with Crippen molar-refractivity contribution in [1.82, 2.24) is 19.2 Å². The molecule has 1 aliphatic rings. The summed E-state index contributed by atoms with van der Waals surface area (Å²) in [5, 5.41) is 8.30. The van der Waals surface area contributed by atoms with E-state index in [2.05, 4.69) is 91.4 Å². The number of amides is 2. The summed E-state index contributed by atoms with van der Waals surface area (Å²) in [7, 11) is 0. The number of carbonyl (C=O) groups is 1. The van der Waals surface area contributed by atoms with Gasteiger partial charge in [0.15, 0.2) is 0 Å². The highest BCUT2D eigenvalue weighted by molar-refractivity contribution is 5.91. The number of fused-ring (bicyclic) bond motifs is 3. The fourth-order valence-electron chi connectivity index (χ4n) is 5.61. The summed E-state index contributed by atoms with van der Waals surface area (Å²) in [6.07, 6.45) is 2.85. The molecule has 1 atom stereocenters. The molecule has 3 heterocycles. The van der Waals surface area contributed by atoms with Gasteiger partial charge >= 0.3 is 6.03 Å². The first-order valence-electron chi connectivity index (χ1n) is 13.5. The van der Waals surface area contributed by atoms with Crippen LogP contribution >= 0.6 is 0 Å². The van der Waals surface area contributed by atoms with E-state index in [-0.39, 0.29) is 12.1 Å². The van der Waals surface area contributed by atoms with Crippen LogP contribution in [0.5, 0.6) is 0 Å². The topological polar surface area (TPSA) is 55.1 Å². The summed E-state index contributed by atoms with van der Waals surface area (Å²) in [6.45, 7) is 8.77. The molecule has 1 aliphatic heterocycles. The maximum Gasteiger partial charge on any atom is 0.322 e. The van der Waals surface area contributed by atoms with Crippen LogP contribution in [-0.4, -0.2) is 25.3 Å². The number of para-hydroxylation sites is 1. The van der Waals surface area contributed by atoms with Crippen LogP contribution in [0.1, 0.15) is 52.2 Å². The van der Waals surface area contributed by atoms with Gasteiger partial charge in [-0.3, -0.25) is 0 Å². The van der Waals surface area contributed by atoms with Gasteiger partial charge in [-0.1, -0.05) is 67.1 Å². The van der Waals surface area contributed by atoms with Crippen molar-refractivity contribution < 1.29 is 4.79 Å². The summed E-state index contributed by atoms with van der Waals surface area (Å²) >= 11 is 0. The van der Waals surface area contributed by atoms with Crippen LogP contribution in [0, 0.1) is 20.8 Å². The zero-order valence-corrected chi connectivity index (χ0v) is 22.8. The minimum Gasteiger partial charge on any atom is -0.308 e. The van der Waals surface area contributed by atoms with E-state index in [0.29, 0.717) is 6.54 Å². The Balaban J connectivity index is 1.56. The van der Waals surface area contributed by atoms with E-state index in [9.17, 15) is 4.79 Å². The number of aromatic nitrogens is 3. The smallest absolute Gasteiger partial charge is 0.308 e. The number of hydrogen-bond acceptors (Lipinski definition) is 2. The van der Waals surface area contributed by atoms with Crippen molar-refractivity contribution in [3.05, 3.63) is 130 Å². The van der Waals surface area contributed by atoms with E-state index in [4.69, 9.17) is 5.10 Å². The van der Waals surface area contributed by atoms with E-state index < -0.39 is 0 Å². The molecule has 0 fully saturated rings. The summed E-state index contributed by atoms with van der Waals surface area (Å²) in [5.41, 5.74) is 9.35. The standard InChI is InChI=1S/C33H33N5O/c1-5-28-27-21-37(33(39)34-29-17-10-13-23(3)24(29)4)31(25-14-9-12-22(2)20-25)30-18-11-19-36(30)32(27)38(35-28)26-15-7-6-8-16-26/h6-20,31H,5,21H2,1-4H3,(H,34,39). The highest BCUT2D eigenvalue weighted by Gasteiger charge is 2.36. The number of rotatable bonds is 4. The molecule has 6 rings (SSSR count). The second-order valence-corrected chi connectivity index (χ2v) is 10.3. The number of aryl methyl sites for hydroxylation is 3. The fourth-order valence-corrected chi connectivity index (χ4v) is 5.61. The molecular weight excluding hydrogens is 482 g/mol. The SMILES string of the molecule is CCc1nn(-c2ccccc2)c2c1CN(C(=O)Nc1cccc(C)c1C)C(c1cccc(C)c1)c1cccn1-2. The number of hydrogen-bond donors (Lipinski definition) is 1. The Hall–Kier alpha value is -4.58. The number of anilines is 1. The lowest BCUT2D eigenvalue weighted by atomic mass is 10.00. The molecule has 0 spiro atoms. The van der Waals surface area contributed by atoms with Gasteiger partial charge in [0.1, 0.15) is 5.82 Å². The predicted molar refractivity (Wildman–Crippen MR) is 156 cm³/mol. The third kappa shape index (κ3) is 4.32. The quantitative estimate of drug-likeness (QED) is 0.273. The van der Waals surface area contributed by atoms with Crippen LogP contribution in [-0.2, 0) is 13.0 Å². The molecule has 6 heteroatoms. The molecule has 2 amide bonds. The van der Waals surface area contributed by atoms with Crippen molar-refractivity contribution in [1.29, 1.82) is 0 Å². The lowest BCUT2D eigenvalue weighted by molar-refractivity contribution is 0.194. The Morgan fingerprint density at radius 3 is 2.51 bits per heavy atom. The van der Waals surface area contributed by atoms with Gasteiger partial charge in [0.25, 0.3) is 0 Å². The van der Waals surface area contributed by atoms with Crippen LogP contribution in [0.2, 0.25) is 0 Å². The maximum atomic E-state index is 14.2. The largest absolute Gasteiger partial charge is 0.322 e.